The van der Waals surface area contributed by atoms with E-state index in [9.17, 15) is 68.7 Å². The molecule has 32 heteroatoms. The van der Waals surface area contributed by atoms with E-state index >= 15 is 0 Å². The molecule has 2 aliphatic carbocycles. The molecule has 6 aromatic rings. The monoisotopic (exact) mass is 1430 g/mol. The minimum absolute atomic E-state index is 0.00319. The number of amides is 6. The molecule has 548 valence electrons. The lowest BCUT2D eigenvalue weighted by Crippen LogP contribution is -2.59. The maximum atomic E-state index is 13.6. The van der Waals surface area contributed by atoms with E-state index in [1.165, 1.54) is 24.3 Å². The van der Waals surface area contributed by atoms with Crippen LogP contribution in [0.25, 0.3) is 21.3 Å². The lowest BCUT2D eigenvalue weighted by Gasteiger charge is -2.57. The van der Waals surface area contributed by atoms with Gasteiger partial charge in [0.15, 0.2) is 22.6 Å². The maximum Gasteiger partial charge on any atom is 0.407 e. The van der Waals surface area contributed by atoms with Crippen molar-refractivity contribution in [2.24, 2.45) is 22.2 Å². The highest BCUT2D eigenvalue weighted by atomic mass is 32.1. The van der Waals surface area contributed by atoms with Crippen molar-refractivity contribution in [2.45, 2.75) is 181 Å². The van der Waals surface area contributed by atoms with Gasteiger partial charge in [-0.3, -0.25) is 38.8 Å². The Bertz CT molecular complexity index is 4070. The third-order valence-corrected chi connectivity index (χ3v) is 20.7. The number of aryl methyl sites for hydroxylation is 1. The molecule has 12 N–H and O–H groups in total. The number of aromatic carboxylic acids is 1. The summed E-state index contributed by atoms with van der Waals surface area (Å²) in [6, 6.07) is 13.5. The molecule has 4 aliphatic rings. The molecule has 102 heavy (non-hydrogen) atoms. The molecule has 4 aromatic heterocycles. The number of carboxylic acids is 3. The Morgan fingerprint density at radius 2 is 1.54 bits per heavy atom. The van der Waals surface area contributed by atoms with E-state index in [-0.39, 0.29) is 78.9 Å². The van der Waals surface area contributed by atoms with E-state index in [2.05, 4.69) is 55.7 Å². The minimum atomic E-state index is -1.92. The van der Waals surface area contributed by atoms with Gasteiger partial charge < -0.3 is 80.9 Å². The summed E-state index contributed by atoms with van der Waals surface area (Å²) in [4.78, 5) is 130. The number of carbonyl (C=O) groups is 9. The molecular weight excluding hydrogens is 1340 g/mol. The van der Waals surface area contributed by atoms with Crippen molar-refractivity contribution < 1.29 is 88.0 Å². The van der Waals surface area contributed by atoms with Crippen LogP contribution >= 0.6 is 11.3 Å². The molecule has 1 saturated heterocycles. The number of carboxylic acid groups (broad SMARTS) is 3. The Morgan fingerprint density at radius 1 is 0.784 bits per heavy atom. The smallest absolute Gasteiger partial charge is 0.407 e. The first-order chi connectivity index (χ1) is 48.5. The molecular formula is C70H89N13O18S. The quantitative estimate of drug-likeness (QED) is 0.0259. The molecule has 2 aromatic carbocycles. The van der Waals surface area contributed by atoms with Crippen LogP contribution in [-0.2, 0) is 75.6 Å². The number of alkyl carbamates (subject to hydrolysis) is 1. The third kappa shape index (κ3) is 18.2. The van der Waals surface area contributed by atoms with Crippen LogP contribution in [0.4, 0.5) is 21.4 Å². The number of nitrogens with one attached hydrogen (secondary N) is 6. The first-order valence-electron chi connectivity index (χ1n) is 34.1. The van der Waals surface area contributed by atoms with Crippen molar-refractivity contribution in [1.29, 1.82) is 0 Å². The van der Waals surface area contributed by atoms with E-state index in [1.54, 1.807) is 50.6 Å². The number of aromatic nitrogens is 6. The number of thiazole rings is 1. The number of carbonyl (C=O) groups excluding carboxylic acids is 6. The van der Waals surface area contributed by atoms with Gasteiger partial charge in [-0.1, -0.05) is 63.7 Å². The number of aliphatic carboxylic acids is 2. The molecule has 2 aliphatic heterocycles. The van der Waals surface area contributed by atoms with Crippen molar-refractivity contribution in [2.75, 3.05) is 48.4 Å². The second kappa shape index (κ2) is 32.2. The predicted molar refractivity (Wildman–Crippen MR) is 370 cm³/mol. The molecule has 31 nitrogen and oxygen atoms in total. The summed E-state index contributed by atoms with van der Waals surface area (Å²) in [7, 11) is 0. The first-order valence-corrected chi connectivity index (χ1v) is 35.0. The van der Waals surface area contributed by atoms with E-state index in [1.807, 2.05) is 45.3 Å². The fourth-order valence-corrected chi connectivity index (χ4v) is 15.9. The van der Waals surface area contributed by atoms with Crippen LogP contribution in [0.5, 0.6) is 0 Å². The zero-order valence-corrected chi connectivity index (χ0v) is 58.5. The zero-order chi connectivity index (χ0) is 73.4. The molecule has 10 rings (SSSR count). The van der Waals surface area contributed by atoms with Gasteiger partial charge in [0.25, 0.3) is 5.91 Å². The average molecular weight is 1430 g/mol. The number of aliphatic hydroxyl groups is 3. The topological polar surface area (TPSA) is 440 Å². The van der Waals surface area contributed by atoms with Crippen LogP contribution in [0.2, 0.25) is 0 Å². The average Bonchev–Trinajstić information content (AvgIpc) is 1.02. The number of aliphatic hydroxyl groups excluding tert-OH is 3. The maximum absolute atomic E-state index is 13.6. The molecule has 2 saturated carbocycles. The van der Waals surface area contributed by atoms with Gasteiger partial charge in [-0.25, -0.2) is 29.3 Å². The molecule has 6 heterocycles. The zero-order valence-electron chi connectivity index (χ0n) is 57.7. The summed E-state index contributed by atoms with van der Waals surface area (Å²) in [5.41, 5.74) is 4.33. The predicted octanol–water partition coefficient (Wildman–Crippen LogP) is 5.16. The van der Waals surface area contributed by atoms with Crippen molar-refractivity contribution >= 4 is 91.7 Å². The fraction of sp³-hybridized carbons (Fsp3) is 0.529. The Morgan fingerprint density at radius 3 is 2.25 bits per heavy atom. The van der Waals surface area contributed by atoms with Crippen molar-refractivity contribution in [1.82, 2.24) is 50.6 Å². The Labute approximate surface area is 591 Å². The molecule has 0 radical (unpaired) electrons. The van der Waals surface area contributed by atoms with Crippen LogP contribution in [0.3, 0.4) is 0 Å². The van der Waals surface area contributed by atoms with Crippen LogP contribution < -0.4 is 36.8 Å². The lowest BCUT2D eigenvalue weighted by atomic mass is 9.48. The molecule has 0 spiro atoms. The highest BCUT2D eigenvalue weighted by Gasteiger charge is 2.53. The van der Waals surface area contributed by atoms with Crippen molar-refractivity contribution in [3.05, 3.63) is 101 Å². The fourth-order valence-electron chi connectivity index (χ4n) is 15.1. The Kier molecular flexibility index (Phi) is 23.8. The number of rotatable bonds is 30. The highest BCUT2D eigenvalue weighted by molar-refractivity contribution is 7.22. The van der Waals surface area contributed by atoms with Crippen LogP contribution in [-0.4, -0.2) is 189 Å². The molecule has 2 bridgehead atoms. The number of pyridine rings is 1. The minimum Gasteiger partial charge on any atom is -0.481 e. The Balaban J connectivity index is 0.754. The summed E-state index contributed by atoms with van der Waals surface area (Å²) < 4.78 is 22.3. The Hall–Kier alpha value is -9.47. The standard InChI is InChI=1S/C70H89N13O18S/c1-38(2)54(79-52(85)30-72-51(84)18-19-53(86)87)62(92)75-39(3)61(91)76-43-14-12-42(41(28-43)13-16-48-57(88)58(89)59(90)60(101-48)65(96)97)32-100-67(98)71-23-27-99-26-22-70(34-68(5)20-9-21-69(6,33-68)35-70)36-83-40(4)45(29-74-83)44-15-17-50(78-55(44)64(94)95)81-24-25-82-37-73-56(47(82)31-81)63(93)80-66-77-46-10-7-8-11-49(46)102-66/h7-8,10-12,14-15,17,28-29,37-39,48,54,57-60,88-90H,9,13,16,18-27,30-36H2,1-6H3,(H,71,98)(H,72,84)(H,75,92)(H,76,91)(H,79,85)(H,86,87)(H,94,95)(H,96,97)(H,77,80,93)/t39-,48-,54-,57-,58+,59-,60-,68?,69?,70?/m0/s1. The summed E-state index contributed by atoms with van der Waals surface area (Å²) in [6.45, 7) is 12.9. The second-order valence-electron chi connectivity index (χ2n) is 28.2. The van der Waals surface area contributed by atoms with Crippen molar-refractivity contribution in [3.63, 3.8) is 0 Å². The van der Waals surface area contributed by atoms with E-state index in [4.69, 9.17) is 29.4 Å². The van der Waals surface area contributed by atoms with Gasteiger partial charge in [-0.05, 0) is 135 Å². The molecule has 6 amide bonds. The summed E-state index contributed by atoms with van der Waals surface area (Å²) in [6.07, 6.45) is -0.0327. The van der Waals surface area contributed by atoms with Crippen molar-refractivity contribution in [3.8, 4) is 11.1 Å². The summed E-state index contributed by atoms with van der Waals surface area (Å²) in [5, 5.41) is 82.1. The summed E-state index contributed by atoms with van der Waals surface area (Å²) >= 11 is 1.37. The van der Waals surface area contributed by atoms with Gasteiger partial charge in [-0.15, -0.1) is 0 Å². The largest absolute Gasteiger partial charge is 0.481 e. The van der Waals surface area contributed by atoms with E-state index < -0.39 is 115 Å². The second-order valence-corrected chi connectivity index (χ2v) is 29.3. The van der Waals surface area contributed by atoms with Gasteiger partial charge >= 0.3 is 24.0 Å². The van der Waals surface area contributed by atoms with Gasteiger partial charge in [0.2, 0.25) is 23.6 Å². The van der Waals surface area contributed by atoms with Gasteiger partial charge in [0, 0.05) is 61.7 Å². The number of anilines is 3. The van der Waals surface area contributed by atoms with Crippen LogP contribution in [0, 0.1) is 29.1 Å². The number of nitrogens with zero attached hydrogens (tertiary/aromatic N) is 7. The number of ether oxygens (including phenoxy) is 3. The SMILES string of the molecule is Cc1c(-c2ccc(N3CCn4cnc(C(=O)Nc5nc6ccccc6s5)c4C3)nc2C(=O)O)cnn1CC1(CCOCCNC(=O)OCc2ccc(NC(=O)[C@H](C)NC(=O)[C@@H](NC(=O)CNC(=O)CCC(=O)O)C(C)C)cc2CC[C@@H]2O[C@H](C(=O)O)[C@@H](O)[C@H](O)[C@H]2O)CC2(C)CCCC(C)(C2)C1. The lowest BCUT2D eigenvalue weighted by molar-refractivity contribution is -0.228. The van der Waals surface area contributed by atoms with Gasteiger partial charge in [0.1, 0.15) is 42.8 Å². The number of hydrogen-bond acceptors (Lipinski definition) is 21. The molecule has 9 atom stereocenters. The third-order valence-electron chi connectivity index (χ3n) is 19.7. The number of para-hydroxylation sites is 1. The number of hydrogen-bond donors (Lipinski definition) is 12. The van der Waals surface area contributed by atoms with E-state index in [0.29, 0.717) is 71.6 Å². The van der Waals surface area contributed by atoms with E-state index in [0.717, 1.165) is 54.4 Å². The van der Waals surface area contributed by atoms with Crippen LogP contribution in [0.15, 0.2) is 67.1 Å². The van der Waals surface area contributed by atoms with Gasteiger partial charge in [-0.2, -0.15) is 5.10 Å². The highest BCUT2D eigenvalue weighted by Crippen LogP contribution is 2.62. The first kappa shape index (κ1) is 75.2. The number of fused-ring (bicyclic) bond motifs is 4. The van der Waals surface area contributed by atoms with Crippen LogP contribution in [0.1, 0.15) is 142 Å². The number of imidazole rings is 1. The van der Waals surface area contributed by atoms with Gasteiger partial charge in [0.05, 0.1) is 60.7 Å². The normalized spacial score (nSPS) is 22.9. The number of benzene rings is 2. The molecule has 2 unspecified atom stereocenters. The molecule has 3 fully saturated rings. The summed E-state index contributed by atoms with van der Waals surface area (Å²) in [5.74, 6) is -7.19.